The van der Waals surface area contributed by atoms with E-state index in [0.29, 0.717) is 31.8 Å². The average molecular weight is 319 g/mol. The van der Waals surface area contributed by atoms with Crippen molar-refractivity contribution >= 4 is 11.8 Å². The van der Waals surface area contributed by atoms with Crippen molar-refractivity contribution in [2.75, 3.05) is 18.0 Å². The minimum absolute atomic E-state index is 0.222. The van der Waals surface area contributed by atoms with Crippen molar-refractivity contribution in [1.82, 2.24) is 19.7 Å². The van der Waals surface area contributed by atoms with Crippen molar-refractivity contribution < 1.29 is 14.3 Å². The van der Waals surface area contributed by atoms with Crippen molar-refractivity contribution in [2.24, 2.45) is 13.0 Å². The predicted octanol–water partition coefficient (Wildman–Crippen LogP) is 1.63. The van der Waals surface area contributed by atoms with Crippen molar-refractivity contribution in [3.05, 3.63) is 23.8 Å². The second-order valence-electron chi connectivity index (χ2n) is 5.76. The van der Waals surface area contributed by atoms with Crippen LogP contribution in [-0.2, 0) is 11.8 Å². The minimum Gasteiger partial charge on any atom is -0.481 e. The molecule has 7 nitrogen and oxygen atoms in total. The Morgan fingerprint density at radius 3 is 2.61 bits per heavy atom. The van der Waals surface area contributed by atoms with Gasteiger partial charge in [-0.25, -0.2) is 14.4 Å². The summed E-state index contributed by atoms with van der Waals surface area (Å²) in [5, 5.41) is 13.2. The van der Waals surface area contributed by atoms with Gasteiger partial charge >= 0.3 is 5.97 Å². The Balaban J connectivity index is 1.89. The fourth-order valence-electron chi connectivity index (χ4n) is 2.90. The molecule has 3 heterocycles. The highest BCUT2D eigenvalue weighted by Gasteiger charge is 2.27. The molecule has 1 aliphatic heterocycles. The number of anilines is 1. The highest BCUT2D eigenvalue weighted by molar-refractivity contribution is 5.70. The Labute approximate surface area is 132 Å². The molecule has 0 saturated carbocycles. The minimum atomic E-state index is -0.793. The second-order valence-corrected chi connectivity index (χ2v) is 5.76. The molecule has 23 heavy (non-hydrogen) atoms. The smallest absolute Gasteiger partial charge is 0.306 e. The van der Waals surface area contributed by atoms with Crippen LogP contribution in [0.3, 0.4) is 0 Å². The third-order valence-electron chi connectivity index (χ3n) is 4.20. The zero-order valence-corrected chi connectivity index (χ0v) is 13.0. The molecule has 0 radical (unpaired) electrons. The van der Waals surface area contributed by atoms with E-state index in [9.17, 15) is 9.18 Å². The SMILES string of the molecule is Cc1cnn(C)c1-c1ncc(F)c(N2CCC(C(=O)O)CC2)n1. The number of rotatable bonds is 3. The number of carboxylic acid groups (broad SMARTS) is 1. The zero-order valence-electron chi connectivity index (χ0n) is 13.0. The van der Waals surface area contributed by atoms with Crippen LogP contribution in [-0.4, -0.2) is 43.9 Å². The molecule has 0 spiro atoms. The Morgan fingerprint density at radius 2 is 2.04 bits per heavy atom. The van der Waals surface area contributed by atoms with Gasteiger partial charge in [0.25, 0.3) is 0 Å². The molecule has 1 saturated heterocycles. The number of hydrogen-bond acceptors (Lipinski definition) is 5. The summed E-state index contributed by atoms with van der Waals surface area (Å²) in [7, 11) is 1.78. The van der Waals surface area contributed by atoms with Crippen LogP contribution in [0.25, 0.3) is 11.5 Å². The maximum atomic E-state index is 14.1. The summed E-state index contributed by atoms with van der Waals surface area (Å²) in [6.45, 7) is 2.83. The van der Waals surface area contributed by atoms with Gasteiger partial charge in [0, 0.05) is 20.1 Å². The second kappa shape index (κ2) is 5.94. The first-order chi connectivity index (χ1) is 11.0. The molecule has 0 amide bonds. The molecular formula is C15H18FN5O2. The number of carboxylic acids is 1. The number of aryl methyl sites for hydroxylation is 2. The summed E-state index contributed by atoms with van der Waals surface area (Å²) in [5.41, 5.74) is 1.65. The standard InChI is InChI=1S/C15H18FN5O2/c1-9-7-18-20(2)12(9)13-17-8-11(16)14(19-13)21-5-3-10(4-6-21)15(22)23/h7-8,10H,3-6H2,1-2H3,(H,22,23). The predicted molar refractivity (Wildman–Crippen MR) is 81.5 cm³/mol. The van der Waals surface area contributed by atoms with Gasteiger partial charge in [-0.15, -0.1) is 0 Å². The molecular weight excluding hydrogens is 301 g/mol. The number of piperidine rings is 1. The summed E-state index contributed by atoms with van der Waals surface area (Å²) in [6.07, 6.45) is 3.84. The normalized spacial score (nSPS) is 15.9. The molecule has 0 atom stereocenters. The number of nitrogens with zero attached hydrogens (tertiary/aromatic N) is 5. The number of aromatic nitrogens is 4. The summed E-state index contributed by atoms with van der Waals surface area (Å²) in [5.74, 6) is -1.02. The van der Waals surface area contributed by atoms with Gasteiger partial charge in [-0.05, 0) is 25.3 Å². The molecule has 0 unspecified atom stereocenters. The molecule has 8 heteroatoms. The highest BCUT2D eigenvalue weighted by Crippen LogP contribution is 2.27. The summed E-state index contributed by atoms with van der Waals surface area (Å²) >= 11 is 0. The monoisotopic (exact) mass is 319 g/mol. The van der Waals surface area contributed by atoms with Crippen LogP contribution in [0.15, 0.2) is 12.4 Å². The lowest BCUT2D eigenvalue weighted by Gasteiger charge is -2.31. The third-order valence-corrected chi connectivity index (χ3v) is 4.20. The van der Waals surface area contributed by atoms with Crippen LogP contribution in [0.4, 0.5) is 10.2 Å². The first kappa shape index (κ1) is 15.4. The van der Waals surface area contributed by atoms with Gasteiger partial charge in [-0.3, -0.25) is 9.48 Å². The first-order valence-electron chi connectivity index (χ1n) is 7.46. The van der Waals surface area contributed by atoms with Crippen LogP contribution in [0.2, 0.25) is 0 Å². The van der Waals surface area contributed by atoms with Crippen molar-refractivity contribution in [1.29, 1.82) is 0 Å². The van der Waals surface area contributed by atoms with E-state index in [1.54, 1.807) is 22.8 Å². The van der Waals surface area contributed by atoms with Gasteiger partial charge in [0.2, 0.25) is 0 Å². The number of carbonyl (C=O) groups is 1. The molecule has 1 N–H and O–H groups in total. The molecule has 2 aromatic heterocycles. The van der Waals surface area contributed by atoms with Crippen LogP contribution in [0.1, 0.15) is 18.4 Å². The molecule has 0 bridgehead atoms. The first-order valence-corrected chi connectivity index (χ1v) is 7.46. The summed E-state index contributed by atoms with van der Waals surface area (Å²) in [4.78, 5) is 21.2. The van der Waals surface area contributed by atoms with Crippen LogP contribution in [0, 0.1) is 18.7 Å². The average Bonchev–Trinajstić information content (AvgIpc) is 2.87. The van der Waals surface area contributed by atoms with Gasteiger partial charge in [0.15, 0.2) is 17.5 Å². The van der Waals surface area contributed by atoms with Gasteiger partial charge in [-0.1, -0.05) is 0 Å². The van der Waals surface area contributed by atoms with Gasteiger partial charge in [0.1, 0.15) is 5.69 Å². The molecule has 1 fully saturated rings. The number of aliphatic carboxylic acids is 1. The van der Waals surface area contributed by atoms with E-state index >= 15 is 0 Å². The van der Waals surface area contributed by atoms with Crippen LogP contribution < -0.4 is 4.90 Å². The van der Waals surface area contributed by atoms with Crippen LogP contribution >= 0.6 is 0 Å². The Bertz CT molecular complexity index is 718. The quantitative estimate of drug-likeness (QED) is 0.925. The van der Waals surface area contributed by atoms with E-state index in [-0.39, 0.29) is 11.7 Å². The lowest BCUT2D eigenvalue weighted by Crippen LogP contribution is -2.37. The summed E-state index contributed by atoms with van der Waals surface area (Å²) in [6, 6.07) is 0. The zero-order chi connectivity index (χ0) is 16.6. The van der Waals surface area contributed by atoms with Gasteiger partial charge in [0.05, 0.1) is 18.3 Å². The molecule has 0 aromatic carbocycles. The van der Waals surface area contributed by atoms with E-state index in [2.05, 4.69) is 15.1 Å². The highest BCUT2D eigenvalue weighted by atomic mass is 19.1. The van der Waals surface area contributed by atoms with E-state index in [1.165, 1.54) is 0 Å². The van der Waals surface area contributed by atoms with E-state index < -0.39 is 11.8 Å². The van der Waals surface area contributed by atoms with Crippen molar-refractivity contribution in [3.63, 3.8) is 0 Å². The maximum absolute atomic E-state index is 14.1. The Hall–Kier alpha value is -2.51. The molecule has 2 aromatic rings. The van der Waals surface area contributed by atoms with E-state index in [0.717, 1.165) is 17.5 Å². The van der Waals surface area contributed by atoms with Crippen molar-refractivity contribution in [3.8, 4) is 11.5 Å². The molecule has 0 aliphatic carbocycles. The largest absolute Gasteiger partial charge is 0.481 e. The maximum Gasteiger partial charge on any atom is 0.306 e. The third kappa shape index (κ3) is 2.88. The van der Waals surface area contributed by atoms with Crippen molar-refractivity contribution in [2.45, 2.75) is 19.8 Å². The van der Waals surface area contributed by atoms with E-state index in [1.807, 2.05) is 6.92 Å². The Kier molecular flexibility index (Phi) is 3.97. The van der Waals surface area contributed by atoms with Gasteiger partial charge < -0.3 is 10.0 Å². The lowest BCUT2D eigenvalue weighted by atomic mass is 9.97. The molecule has 1 aliphatic rings. The number of halogens is 1. The molecule has 3 rings (SSSR count). The fourth-order valence-corrected chi connectivity index (χ4v) is 2.90. The van der Waals surface area contributed by atoms with E-state index in [4.69, 9.17) is 5.11 Å². The fraction of sp³-hybridized carbons (Fsp3) is 0.467. The van der Waals surface area contributed by atoms with Crippen LogP contribution in [0.5, 0.6) is 0 Å². The number of hydrogen-bond donors (Lipinski definition) is 1. The molecule has 122 valence electrons. The Morgan fingerprint density at radius 1 is 1.35 bits per heavy atom. The topological polar surface area (TPSA) is 84.1 Å². The summed E-state index contributed by atoms with van der Waals surface area (Å²) < 4.78 is 15.8. The van der Waals surface area contributed by atoms with Gasteiger partial charge in [-0.2, -0.15) is 5.10 Å². The lowest BCUT2D eigenvalue weighted by molar-refractivity contribution is -0.142.